The number of anilines is 6. The number of rotatable bonds is 8. The molecule has 0 atom stereocenters. The summed E-state index contributed by atoms with van der Waals surface area (Å²) < 4.78 is 31.7. The fourth-order valence-electron chi connectivity index (χ4n) is 4.44. The Hall–Kier alpha value is -6.34. The van der Waals surface area contributed by atoms with Crippen molar-refractivity contribution in [1.82, 2.24) is 0 Å². The number of ether oxygens (including phenoxy) is 1. The number of para-hydroxylation sites is 1. The first-order valence-corrected chi connectivity index (χ1v) is 16.1. The van der Waals surface area contributed by atoms with Crippen LogP contribution in [-0.2, 0) is 9.84 Å². The Morgan fingerprint density at radius 1 is 0.562 bits per heavy atom. The fourth-order valence-corrected chi connectivity index (χ4v) is 5.70. The molecular formula is C35H32N6O6S. The third-order valence-corrected chi connectivity index (χ3v) is 8.85. The van der Waals surface area contributed by atoms with E-state index in [0.717, 1.165) is 11.1 Å². The van der Waals surface area contributed by atoms with Crippen molar-refractivity contribution < 1.29 is 27.5 Å². The standard InChI is InChI=1S/C35H32N6O6S/c1-22-8-10-26(20-31(22)36)39-33(42)37-24-12-16-29(17-13-24)48(45,46)30-18-14-25(15-19-30)38-34(43)41-32-21-27(11-9-23(32)2)40-35(44)47-28-6-4-3-5-7-28/h3-21H,36H2,1-2H3,(H,40,44)(H2,37,39,42)(H2,38,41,43). The van der Waals surface area contributed by atoms with E-state index in [1.807, 2.05) is 6.92 Å². The smallest absolute Gasteiger partial charge is 0.410 e. The maximum Gasteiger partial charge on any atom is 0.417 e. The number of nitrogens with one attached hydrogen (secondary N) is 5. The highest BCUT2D eigenvalue weighted by atomic mass is 32.2. The summed E-state index contributed by atoms with van der Waals surface area (Å²) in [6.45, 7) is 3.65. The zero-order chi connectivity index (χ0) is 34.3. The summed E-state index contributed by atoms with van der Waals surface area (Å²) >= 11 is 0. The lowest BCUT2D eigenvalue weighted by Crippen LogP contribution is -2.21. The van der Waals surface area contributed by atoms with Gasteiger partial charge in [-0.15, -0.1) is 0 Å². The van der Waals surface area contributed by atoms with Crippen molar-refractivity contribution in [3.05, 3.63) is 126 Å². The molecule has 0 bridgehead atoms. The molecule has 0 saturated heterocycles. The van der Waals surface area contributed by atoms with Crippen LogP contribution in [0.25, 0.3) is 0 Å². The van der Waals surface area contributed by atoms with Crippen LogP contribution in [0.15, 0.2) is 125 Å². The van der Waals surface area contributed by atoms with Crippen LogP contribution < -0.4 is 37.1 Å². The average molecular weight is 665 g/mol. The summed E-state index contributed by atoms with van der Waals surface area (Å²) in [6.07, 6.45) is -0.685. The Kier molecular flexibility index (Phi) is 9.91. The van der Waals surface area contributed by atoms with Gasteiger partial charge in [0.2, 0.25) is 9.84 Å². The topological polar surface area (TPSA) is 181 Å². The molecular weight excluding hydrogens is 632 g/mol. The van der Waals surface area contributed by atoms with Gasteiger partial charge in [-0.25, -0.2) is 22.8 Å². The monoisotopic (exact) mass is 664 g/mol. The van der Waals surface area contributed by atoms with Crippen molar-refractivity contribution >= 4 is 62.1 Å². The SMILES string of the molecule is Cc1ccc(NC(=O)Nc2ccc(S(=O)(=O)c3ccc(NC(=O)Nc4cc(NC(=O)Oc5ccccc5)ccc4C)cc3)cc2)cc1N. The zero-order valence-corrected chi connectivity index (χ0v) is 26.7. The lowest BCUT2D eigenvalue weighted by molar-refractivity contribution is 0.215. The summed E-state index contributed by atoms with van der Waals surface area (Å²) in [5, 5.41) is 13.4. The second kappa shape index (κ2) is 14.4. The summed E-state index contributed by atoms with van der Waals surface area (Å²) in [6, 6.07) is 29.1. The molecule has 244 valence electrons. The van der Waals surface area contributed by atoms with Gasteiger partial charge in [-0.05, 0) is 110 Å². The summed E-state index contributed by atoms with van der Waals surface area (Å²) in [5.41, 5.74) is 10.2. The molecule has 0 fully saturated rings. The van der Waals surface area contributed by atoms with Gasteiger partial charge in [0.25, 0.3) is 0 Å². The number of amides is 5. The maximum atomic E-state index is 13.2. The molecule has 5 amide bonds. The van der Waals surface area contributed by atoms with E-state index < -0.39 is 28.0 Å². The molecule has 0 spiro atoms. The van der Waals surface area contributed by atoms with Crippen LogP contribution in [0, 0.1) is 13.8 Å². The number of carbonyl (C=O) groups excluding carboxylic acids is 3. The summed E-state index contributed by atoms with van der Waals surface area (Å²) in [4.78, 5) is 37.4. The molecule has 0 heterocycles. The van der Waals surface area contributed by atoms with Gasteiger partial charge in [0, 0.05) is 34.1 Å². The fraction of sp³-hybridized carbons (Fsp3) is 0.0571. The third kappa shape index (κ3) is 8.47. The predicted octanol–water partition coefficient (Wildman–Crippen LogP) is 7.62. The Morgan fingerprint density at radius 3 is 1.60 bits per heavy atom. The Bertz CT molecular complexity index is 2070. The number of aryl methyl sites for hydroxylation is 2. The maximum absolute atomic E-state index is 13.2. The van der Waals surface area contributed by atoms with Crippen molar-refractivity contribution in [2.75, 3.05) is 32.3 Å². The number of benzene rings is 5. The van der Waals surface area contributed by atoms with E-state index in [0.29, 0.717) is 39.9 Å². The molecule has 12 nitrogen and oxygen atoms in total. The molecule has 5 aromatic carbocycles. The first-order chi connectivity index (χ1) is 23.0. The van der Waals surface area contributed by atoms with Gasteiger partial charge in [0.15, 0.2) is 0 Å². The lowest BCUT2D eigenvalue weighted by atomic mass is 10.2. The number of hydrogen-bond donors (Lipinski definition) is 6. The van der Waals surface area contributed by atoms with E-state index >= 15 is 0 Å². The third-order valence-electron chi connectivity index (χ3n) is 7.07. The van der Waals surface area contributed by atoms with Crippen LogP contribution in [0.4, 0.5) is 48.5 Å². The van der Waals surface area contributed by atoms with E-state index in [-0.39, 0.29) is 9.79 Å². The molecule has 48 heavy (non-hydrogen) atoms. The van der Waals surface area contributed by atoms with Crippen LogP contribution in [0.3, 0.4) is 0 Å². The van der Waals surface area contributed by atoms with Crippen LogP contribution >= 0.6 is 0 Å². The van der Waals surface area contributed by atoms with E-state index in [1.165, 1.54) is 48.5 Å². The highest BCUT2D eigenvalue weighted by Gasteiger charge is 2.18. The molecule has 0 aliphatic carbocycles. The molecule has 5 aromatic rings. The van der Waals surface area contributed by atoms with Crippen molar-refractivity contribution in [3.8, 4) is 5.75 Å². The van der Waals surface area contributed by atoms with Gasteiger partial charge in [0.05, 0.1) is 9.79 Å². The minimum atomic E-state index is -3.89. The van der Waals surface area contributed by atoms with E-state index in [9.17, 15) is 22.8 Å². The van der Waals surface area contributed by atoms with Crippen molar-refractivity contribution in [2.45, 2.75) is 23.6 Å². The molecule has 0 unspecified atom stereocenters. The first kappa shape index (κ1) is 33.0. The number of sulfone groups is 1. The van der Waals surface area contributed by atoms with Crippen molar-refractivity contribution in [1.29, 1.82) is 0 Å². The number of carbonyl (C=O) groups is 3. The second-order valence-electron chi connectivity index (χ2n) is 10.6. The summed E-state index contributed by atoms with van der Waals surface area (Å²) in [7, 11) is -3.89. The average Bonchev–Trinajstić information content (AvgIpc) is 3.05. The molecule has 13 heteroatoms. The van der Waals surface area contributed by atoms with Gasteiger partial charge < -0.3 is 31.7 Å². The molecule has 0 radical (unpaired) electrons. The number of nitrogen functional groups attached to an aromatic ring is 1. The van der Waals surface area contributed by atoms with Crippen LogP contribution in [0.2, 0.25) is 0 Å². The minimum Gasteiger partial charge on any atom is -0.410 e. The second-order valence-corrected chi connectivity index (χ2v) is 12.6. The Morgan fingerprint density at radius 2 is 1.04 bits per heavy atom. The van der Waals surface area contributed by atoms with Crippen molar-refractivity contribution in [3.63, 3.8) is 0 Å². The largest absolute Gasteiger partial charge is 0.417 e. The quantitative estimate of drug-likeness (QED) is 0.0923. The van der Waals surface area contributed by atoms with Gasteiger partial charge in [-0.1, -0.05) is 30.3 Å². The molecule has 0 aromatic heterocycles. The van der Waals surface area contributed by atoms with E-state index in [1.54, 1.807) is 73.7 Å². The van der Waals surface area contributed by atoms with Crippen LogP contribution in [-0.4, -0.2) is 26.6 Å². The van der Waals surface area contributed by atoms with E-state index in [2.05, 4.69) is 26.6 Å². The first-order valence-electron chi connectivity index (χ1n) is 14.6. The number of hydrogen-bond acceptors (Lipinski definition) is 7. The van der Waals surface area contributed by atoms with Gasteiger partial charge in [-0.2, -0.15) is 0 Å². The van der Waals surface area contributed by atoms with Crippen LogP contribution in [0.1, 0.15) is 11.1 Å². The van der Waals surface area contributed by atoms with E-state index in [4.69, 9.17) is 10.5 Å². The molecule has 5 rings (SSSR count). The van der Waals surface area contributed by atoms with Crippen LogP contribution in [0.5, 0.6) is 5.75 Å². The number of nitrogens with two attached hydrogens (primary N) is 1. The minimum absolute atomic E-state index is 0.0147. The Labute approximate surface area is 277 Å². The predicted molar refractivity (Wildman–Crippen MR) is 186 cm³/mol. The normalized spacial score (nSPS) is 10.8. The highest BCUT2D eigenvalue weighted by molar-refractivity contribution is 7.91. The molecule has 0 aliphatic rings. The number of urea groups is 2. The Balaban J connectivity index is 1.16. The molecule has 0 aliphatic heterocycles. The van der Waals surface area contributed by atoms with Gasteiger partial charge in [-0.3, -0.25) is 5.32 Å². The lowest BCUT2D eigenvalue weighted by Gasteiger charge is -2.13. The summed E-state index contributed by atoms with van der Waals surface area (Å²) in [5.74, 6) is 0.386. The molecule has 7 N–H and O–H groups in total. The zero-order valence-electron chi connectivity index (χ0n) is 25.9. The van der Waals surface area contributed by atoms with Gasteiger partial charge in [0.1, 0.15) is 5.75 Å². The van der Waals surface area contributed by atoms with Crippen molar-refractivity contribution in [2.24, 2.45) is 0 Å². The highest BCUT2D eigenvalue weighted by Crippen LogP contribution is 2.25. The van der Waals surface area contributed by atoms with Gasteiger partial charge >= 0.3 is 18.2 Å². The molecule has 0 saturated carbocycles.